The molecule has 196 valence electrons. The summed E-state index contributed by atoms with van der Waals surface area (Å²) in [4.78, 5) is 0. The van der Waals surface area contributed by atoms with Gasteiger partial charge >= 0.3 is 6.18 Å². The second kappa shape index (κ2) is 12.0. The molecule has 0 radical (unpaired) electrons. The van der Waals surface area contributed by atoms with Crippen LogP contribution in [0.1, 0.15) is 80.5 Å². The number of halogens is 4. The van der Waals surface area contributed by atoms with E-state index < -0.39 is 23.3 Å². The van der Waals surface area contributed by atoms with Gasteiger partial charge in [-0.1, -0.05) is 86.5 Å². The molecule has 3 aromatic rings. The maximum atomic E-state index is 14.5. The molecule has 1 fully saturated rings. The molecule has 0 aliphatic heterocycles. The van der Waals surface area contributed by atoms with E-state index in [-0.39, 0.29) is 12.2 Å². The van der Waals surface area contributed by atoms with E-state index in [1.54, 1.807) is 13.0 Å². The Kier molecular flexibility index (Phi) is 8.73. The fourth-order valence-corrected chi connectivity index (χ4v) is 5.38. The second-order valence-electron chi connectivity index (χ2n) is 9.86. The molecule has 3 aromatic carbocycles. The van der Waals surface area contributed by atoms with E-state index in [1.165, 1.54) is 62.3 Å². The average molecular weight is 511 g/mol. The van der Waals surface area contributed by atoms with Crippen molar-refractivity contribution < 1.29 is 22.3 Å². The van der Waals surface area contributed by atoms with Gasteiger partial charge in [-0.05, 0) is 78.3 Å². The predicted octanol–water partition coefficient (Wildman–Crippen LogP) is 10.2. The number of benzene rings is 3. The van der Waals surface area contributed by atoms with Gasteiger partial charge in [0.05, 0.1) is 6.61 Å². The molecule has 1 saturated carbocycles. The van der Waals surface area contributed by atoms with Crippen molar-refractivity contribution in [3.05, 3.63) is 88.7 Å². The van der Waals surface area contributed by atoms with Crippen molar-refractivity contribution in [1.29, 1.82) is 0 Å². The predicted molar refractivity (Wildman–Crippen MR) is 143 cm³/mol. The van der Waals surface area contributed by atoms with Crippen LogP contribution in [0.25, 0.3) is 23.3 Å². The van der Waals surface area contributed by atoms with E-state index in [1.807, 2.05) is 24.3 Å². The molecule has 0 spiro atoms. The van der Waals surface area contributed by atoms with Crippen molar-refractivity contribution >= 4 is 12.2 Å². The fourth-order valence-electron chi connectivity index (χ4n) is 5.38. The SMILES string of the molecule is CCCC1CCC(c2ccc(-c3ccc(C=Cc4ccc(OCC)c(F)c4C(F)(F)F)cc3)cc2)CC1. The van der Waals surface area contributed by atoms with Crippen LogP contribution in [0.4, 0.5) is 17.6 Å². The number of hydrogen-bond donors (Lipinski definition) is 0. The van der Waals surface area contributed by atoms with Crippen molar-refractivity contribution in [3.63, 3.8) is 0 Å². The van der Waals surface area contributed by atoms with Crippen molar-refractivity contribution in [2.24, 2.45) is 5.92 Å². The van der Waals surface area contributed by atoms with Gasteiger partial charge in [0, 0.05) is 0 Å². The third kappa shape index (κ3) is 6.63. The van der Waals surface area contributed by atoms with Crippen molar-refractivity contribution in [3.8, 4) is 16.9 Å². The Bertz CT molecular complexity index is 1190. The quantitative estimate of drug-likeness (QED) is 0.216. The molecular formula is C32H34F4O. The average Bonchev–Trinajstić information content (AvgIpc) is 2.89. The summed E-state index contributed by atoms with van der Waals surface area (Å²) in [6, 6.07) is 18.8. The van der Waals surface area contributed by atoms with Gasteiger partial charge in [-0.2, -0.15) is 13.2 Å². The molecule has 0 aromatic heterocycles. The Balaban J connectivity index is 1.45. The van der Waals surface area contributed by atoms with Crippen molar-refractivity contribution in [2.75, 3.05) is 6.61 Å². The maximum absolute atomic E-state index is 14.5. The summed E-state index contributed by atoms with van der Waals surface area (Å²) in [5.41, 5.74) is 2.72. The normalized spacial score (nSPS) is 18.3. The monoisotopic (exact) mass is 510 g/mol. The minimum absolute atomic E-state index is 0.0819. The lowest BCUT2D eigenvalue weighted by molar-refractivity contribution is -0.140. The summed E-state index contributed by atoms with van der Waals surface area (Å²) in [7, 11) is 0. The molecular weight excluding hydrogens is 476 g/mol. The summed E-state index contributed by atoms with van der Waals surface area (Å²) < 4.78 is 60.2. The molecule has 4 rings (SSSR count). The molecule has 1 aliphatic rings. The van der Waals surface area contributed by atoms with Crippen LogP contribution in [0, 0.1) is 11.7 Å². The van der Waals surface area contributed by atoms with Crippen LogP contribution < -0.4 is 4.74 Å². The Labute approximate surface area is 217 Å². The van der Waals surface area contributed by atoms with Crippen LogP contribution >= 0.6 is 0 Å². The zero-order valence-corrected chi connectivity index (χ0v) is 21.5. The number of hydrogen-bond acceptors (Lipinski definition) is 1. The van der Waals surface area contributed by atoms with Crippen LogP contribution in [-0.2, 0) is 6.18 Å². The van der Waals surface area contributed by atoms with Gasteiger partial charge in [0.25, 0.3) is 0 Å². The lowest BCUT2D eigenvalue weighted by atomic mass is 9.77. The molecule has 1 nitrogen and oxygen atoms in total. The first-order valence-electron chi connectivity index (χ1n) is 13.2. The Morgan fingerprint density at radius 1 is 0.811 bits per heavy atom. The minimum Gasteiger partial charge on any atom is -0.491 e. The van der Waals surface area contributed by atoms with Crippen LogP contribution in [0.2, 0.25) is 0 Å². The highest BCUT2D eigenvalue weighted by Gasteiger charge is 2.37. The first kappa shape index (κ1) is 27.0. The summed E-state index contributed by atoms with van der Waals surface area (Å²) in [5.74, 6) is -0.249. The van der Waals surface area contributed by atoms with Crippen LogP contribution in [0.15, 0.2) is 60.7 Å². The highest BCUT2D eigenvalue weighted by molar-refractivity contribution is 5.74. The zero-order chi connectivity index (χ0) is 26.4. The largest absolute Gasteiger partial charge is 0.491 e. The third-order valence-electron chi connectivity index (χ3n) is 7.35. The third-order valence-corrected chi connectivity index (χ3v) is 7.35. The topological polar surface area (TPSA) is 9.23 Å². The molecule has 0 atom stereocenters. The van der Waals surface area contributed by atoms with Gasteiger partial charge in [0.2, 0.25) is 0 Å². The molecule has 0 saturated heterocycles. The molecule has 0 N–H and O–H groups in total. The molecule has 5 heteroatoms. The highest BCUT2D eigenvalue weighted by Crippen LogP contribution is 2.39. The van der Waals surface area contributed by atoms with E-state index in [9.17, 15) is 17.6 Å². The minimum atomic E-state index is -4.83. The van der Waals surface area contributed by atoms with E-state index in [2.05, 4.69) is 31.2 Å². The van der Waals surface area contributed by atoms with Crippen LogP contribution in [0.3, 0.4) is 0 Å². The van der Waals surface area contributed by atoms with Gasteiger partial charge in [0.15, 0.2) is 11.6 Å². The van der Waals surface area contributed by atoms with Crippen LogP contribution in [-0.4, -0.2) is 6.61 Å². The molecule has 37 heavy (non-hydrogen) atoms. The molecule has 0 unspecified atom stereocenters. The second-order valence-corrected chi connectivity index (χ2v) is 9.86. The fraction of sp³-hybridized carbons (Fsp3) is 0.375. The van der Waals surface area contributed by atoms with Gasteiger partial charge in [0.1, 0.15) is 5.56 Å². The smallest absolute Gasteiger partial charge is 0.419 e. The summed E-state index contributed by atoms with van der Waals surface area (Å²) in [6.45, 7) is 3.94. The summed E-state index contributed by atoms with van der Waals surface area (Å²) >= 11 is 0. The first-order chi connectivity index (χ1) is 17.8. The van der Waals surface area contributed by atoms with Crippen molar-refractivity contribution in [2.45, 2.75) is 64.5 Å². The number of alkyl halides is 3. The molecule has 0 heterocycles. The van der Waals surface area contributed by atoms with E-state index in [0.29, 0.717) is 5.92 Å². The Morgan fingerprint density at radius 3 is 2.00 bits per heavy atom. The standard InChI is InChI=1S/C32H34F4O/c1-3-5-22-6-11-24(12-7-22)26-16-18-27(19-17-26)25-13-8-23(9-14-25)10-15-28-20-21-29(37-4-2)31(33)30(28)32(34,35)36/h8-10,13-22,24H,3-7,11-12H2,1-2H3. The van der Waals surface area contributed by atoms with Crippen molar-refractivity contribution in [1.82, 2.24) is 0 Å². The molecule has 0 bridgehead atoms. The van der Waals surface area contributed by atoms with E-state index in [4.69, 9.17) is 4.74 Å². The molecule has 0 amide bonds. The number of ether oxygens (including phenoxy) is 1. The lowest BCUT2D eigenvalue weighted by Crippen LogP contribution is -2.13. The van der Waals surface area contributed by atoms with E-state index >= 15 is 0 Å². The lowest BCUT2D eigenvalue weighted by Gasteiger charge is -2.28. The van der Waals surface area contributed by atoms with Crippen LogP contribution in [0.5, 0.6) is 5.75 Å². The first-order valence-corrected chi connectivity index (χ1v) is 13.2. The van der Waals surface area contributed by atoms with Gasteiger partial charge in [-0.3, -0.25) is 0 Å². The highest BCUT2D eigenvalue weighted by atomic mass is 19.4. The number of rotatable bonds is 8. The zero-order valence-electron chi connectivity index (χ0n) is 21.5. The summed E-state index contributed by atoms with van der Waals surface area (Å²) in [6.07, 6.45) is 5.81. The Hall–Kier alpha value is -3.08. The molecule has 1 aliphatic carbocycles. The van der Waals surface area contributed by atoms with E-state index in [0.717, 1.165) is 22.6 Å². The summed E-state index contributed by atoms with van der Waals surface area (Å²) in [5, 5.41) is 0. The Morgan fingerprint density at radius 2 is 1.43 bits per heavy atom. The van der Waals surface area contributed by atoms with Gasteiger partial charge < -0.3 is 4.74 Å². The van der Waals surface area contributed by atoms with Gasteiger partial charge in [-0.15, -0.1) is 0 Å². The van der Waals surface area contributed by atoms with Gasteiger partial charge in [-0.25, -0.2) is 4.39 Å². The maximum Gasteiger partial charge on any atom is 0.419 e.